The molecule has 0 aliphatic heterocycles. The summed E-state index contributed by atoms with van der Waals surface area (Å²) in [7, 11) is 0. The van der Waals surface area contributed by atoms with Crippen molar-refractivity contribution in [2.45, 2.75) is 206 Å². The number of esters is 2. The molecule has 280 valence electrons. The highest BCUT2D eigenvalue weighted by Gasteiger charge is 2.16. The summed E-state index contributed by atoms with van der Waals surface area (Å²) >= 11 is 0. The minimum absolute atomic E-state index is 0.133. The van der Waals surface area contributed by atoms with Crippen molar-refractivity contribution in [1.82, 2.24) is 0 Å². The number of hydrogen-bond acceptors (Lipinski definition) is 6. The lowest BCUT2D eigenvalue weighted by Crippen LogP contribution is -2.28. The second kappa shape index (κ2) is 37.9. The molecule has 48 heavy (non-hydrogen) atoms. The van der Waals surface area contributed by atoms with Gasteiger partial charge in [-0.1, -0.05) is 179 Å². The molecular formula is C42H76O6. The van der Waals surface area contributed by atoms with Crippen LogP contribution >= 0.6 is 0 Å². The van der Waals surface area contributed by atoms with Crippen molar-refractivity contribution in [2.24, 2.45) is 0 Å². The molecule has 0 aromatic carbocycles. The van der Waals surface area contributed by atoms with E-state index >= 15 is 0 Å². The average Bonchev–Trinajstić information content (AvgIpc) is 3.08. The van der Waals surface area contributed by atoms with Gasteiger partial charge in [-0.05, 0) is 38.5 Å². The lowest BCUT2D eigenvalue weighted by Gasteiger charge is -2.16. The molecule has 0 aromatic heterocycles. The molecular weight excluding hydrogens is 600 g/mol. The summed E-state index contributed by atoms with van der Waals surface area (Å²) in [5, 5.41) is 19.7. The Kier molecular flexibility index (Phi) is 36.4. The number of aliphatic hydroxyl groups excluding tert-OH is 2. The van der Waals surface area contributed by atoms with Crippen LogP contribution in [0.1, 0.15) is 194 Å². The van der Waals surface area contributed by atoms with Crippen molar-refractivity contribution in [3.05, 3.63) is 36.5 Å². The Morgan fingerprint density at radius 1 is 0.583 bits per heavy atom. The number of unbranched alkanes of at least 4 members (excludes halogenated alkanes) is 21. The fourth-order valence-electron chi connectivity index (χ4n) is 5.68. The van der Waals surface area contributed by atoms with E-state index in [0.717, 1.165) is 32.1 Å². The molecule has 0 amide bonds. The van der Waals surface area contributed by atoms with Gasteiger partial charge in [0.05, 0.1) is 12.7 Å². The molecule has 0 aromatic rings. The van der Waals surface area contributed by atoms with Crippen LogP contribution in [0.15, 0.2) is 36.5 Å². The van der Waals surface area contributed by atoms with Crippen LogP contribution in [0, 0.1) is 0 Å². The Bertz CT molecular complexity index is 789. The molecule has 6 nitrogen and oxygen atoms in total. The number of aliphatic hydroxyl groups is 2. The van der Waals surface area contributed by atoms with Crippen LogP contribution in [0.25, 0.3) is 0 Å². The lowest BCUT2D eigenvalue weighted by molar-refractivity contribution is -0.161. The first-order valence-electron chi connectivity index (χ1n) is 20.2. The minimum atomic E-state index is -0.859. The SMILES string of the molecule is CCCCCCCC/C=C/C/C=C/C=C/C(O)CCCC(=O)O[C@@H](CO)COC(=O)CCCCCCCCCCCCCCCCCC. The summed E-state index contributed by atoms with van der Waals surface area (Å²) < 4.78 is 10.5. The zero-order valence-corrected chi connectivity index (χ0v) is 31.4. The zero-order chi connectivity index (χ0) is 35.2. The zero-order valence-electron chi connectivity index (χ0n) is 31.4. The quantitative estimate of drug-likeness (QED) is 0.0297. The van der Waals surface area contributed by atoms with E-state index in [9.17, 15) is 19.8 Å². The van der Waals surface area contributed by atoms with Gasteiger partial charge in [-0.15, -0.1) is 0 Å². The van der Waals surface area contributed by atoms with E-state index in [1.165, 1.54) is 122 Å². The lowest BCUT2D eigenvalue weighted by atomic mass is 10.0. The Labute approximate surface area is 296 Å². The summed E-state index contributed by atoms with van der Waals surface area (Å²) in [6.07, 6.45) is 42.4. The Balaban J connectivity index is 3.72. The van der Waals surface area contributed by atoms with Gasteiger partial charge >= 0.3 is 11.9 Å². The molecule has 0 aliphatic rings. The van der Waals surface area contributed by atoms with Crippen LogP contribution in [-0.4, -0.2) is 47.6 Å². The third-order valence-corrected chi connectivity index (χ3v) is 8.79. The highest BCUT2D eigenvalue weighted by atomic mass is 16.6. The summed E-state index contributed by atoms with van der Waals surface area (Å²) in [4.78, 5) is 24.3. The van der Waals surface area contributed by atoms with Gasteiger partial charge in [0.1, 0.15) is 6.61 Å². The van der Waals surface area contributed by atoms with Gasteiger partial charge < -0.3 is 19.7 Å². The Morgan fingerprint density at radius 2 is 1.08 bits per heavy atom. The van der Waals surface area contributed by atoms with Gasteiger partial charge in [-0.25, -0.2) is 0 Å². The van der Waals surface area contributed by atoms with Gasteiger partial charge in [0.15, 0.2) is 6.10 Å². The highest BCUT2D eigenvalue weighted by molar-refractivity contribution is 5.70. The topological polar surface area (TPSA) is 93.1 Å². The fraction of sp³-hybridized carbons (Fsp3) is 0.810. The normalized spacial score (nSPS) is 13.2. The van der Waals surface area contributed by atoms with Crippen molar-refractivity contribution in [3.8, 4) is 0 Å². The summed E-state index contributed by atoms with van der Waals surface area (Å²) in [6.45, 7) is 3.98. The standard InChI is InChI=1S/C42H76O6/c1-3-5-7-9-11-13-15-17-18-19-21-23-25-27-29-31-35-41(45)47-38-40(37-43)48-42(46)36-32-34-39(44)33-30-28-26-24-22-20-16-14-12-10-8-6-4-2/h20,22,26,28,30,33,39-40,43-44H,3-19,21,23-25,27,29,31-32,34-38H2,1-2H3/b22-20+,28-26+,33-30+/t39?,40-/m0/s1. The van der Waals surface area contributed by atoms with E-state index < -0.39 is 24.8 Å². The van der Waals surface area contributed by atoms with Crippen LogP contribution in [0.5, 0.6) is 0 Å². The molecule has 6 heteroatoms. The minimum Gasteiger partial charge on any atom is -0.462 e. The summed E-state index contributed by atoms with van der Waals surface area (Å²) in [6, 6.07) is 0. The molecule has 0 rings (SSSR count). The smallest absolute Gasteiger partial charge is 0.306 e. The number of carbonyl (C=O) groups excluding carboxylic acids is 2. The molecule has 0 saturated heterocycles. The van der Waals surface area contributed by atoms with Gasteiger partial charge in [0.2, 0.25) is 0 Å². The molecule has 2 atom stereocenters. The van der Waals surface area contributed by atoms with Gasteiger partial charge in [0, 0.05) is 12.8 Å². The monoisotopic (exact) mass is 677 g/mol. The molecule has 0 aliphatic carbocycles. The maximum absolute atomic E-state index is 12.2. The van der Waals surface area contributed by atoms with Crippen molar-refractivity contribution >= 4 is 11.9 Å². The van der Waals surface area contributed by atoms with Crippen molar-refractivity contribution in [2.75, 3.05) is 13.2 Å². The molecule has 0 bridgehead atoms. The number of allylic oxidation sites excluding steroid dienone is 5. The highest BCUT2D eigenvalue weighted by Crippen LogP contribution is 2.14. The van der Waals surface area contributed by atoms with Gasteiger partial charge in [-0.2, -0.15) is 0 Å². The van der Waals surface area contributed by atoms with Crippen LogP contribution in [0.2, 0.25) is 0 Å². The predicted molar refractivity (Wildman–Crippen MR) is 202 cm³/mol. The van der Waals surface area contributed by atoms with Gasteiger partial charge in [-0.3, -0.25) is 9.59 Å². The average molecular weight is 677 g/mol. The molecule has 0 fully saturated rings. The van der Waals surface area contributed by atoms with Crippen molar-refractivity contribution in [3.63, 3.8) is 0 Å². The molecule has 0 radical (unpaired) electrons. The van der Waals surface area contributed by atoms with E-state index in [1.807, 2.05) is 12.2 Å². The van der Waals surface area contributed by atoms with Crippen LogP contribution in [-0.2, 0) is 19.1 Å². The van der Waals surface area contributed by atoms with E-state index in [4.69, 9.17) is 9.47 Å². The first-order valence-corrected chi connectivity index (χ1v) is 20.2. The molecule has 0 spiro atoms. The van der Waals surface area contributed by atoms with Crippen molar-refractivity contribution < 1.29 is 29.3 Å². The molecule has 0 saturated carbocycles. The molecule has 1 unspecified atom stereocenters. The third kappa shape index (κ3) is 35.4. The number of rotatable bonds is 36. The number of hydrogen-bond donors (Lipinski definition) is 2. The number of carbonyl (C=O) groups is 2. The van der Waals surface area contributed by atoms with Crippen LogP contribution < -0.4 is 0 Å². The largest absolute Gasteiger partial charge is 0.462 e. The Hall–Kier alpha value is -1.92. The van der Waals surface area contributed by atoms with E-state index in [0.29, 0.717) is 19.3 Å². The molecule has 2 N–H and O–H groups in total. The fourth-order valence-corrected chi connectivity index (χ4v) is 5.68. The second-order valence-corrected chi connectivity index (χ2v) is 13.6. The first-order chi connectivity index (χ1) is 23.5. The van der Waals surface area contributed by atoms with Gasteiger partial charge in [0.25, 0.3) is 0 Å². The van der Waals surface area contributed by atoms with E-state index in [2.05, 4.69) is 32.1 Å². The van der Waals surface area contributed by atoms with Crippen LogP contribution in [0.4, 0.5) is 0 Å². The van der Waals surface area contributed by atoms with E-state index in [-0.39, 0.29) is 19.0 Å². The summed E-state index contributed by atoms with van der Waals surface area (Å²) in [5.74, 6) is -0.783. The third-order valence-electron chi connectivity index (χ3n) is 8.79. The van der Waals surface area contributed by atoms with E-state index in [1.54, 1.807) is 6.08 Å². The summed E-state index contributed by atoms with van der Waals surface area (Å²) in [5.41, 5.74) is 0. The van der Waals surface area contributed by atoms with Crippen molar-refractivity contribution in [1.29, 1.82) is 0 Å². The first kappa shape index (κ1) is 46.1. The second-order valence-electron chi connectivity index (χ2n) is 13.6. The Morgan fingerprint density at radius 3 is 1.62 bits per heavy atom. The number of ether oxygens (including phenoxy) is 2. The van der Waals surface area contributed by atoms with Crippen LogP contribution in [0.3, 0.4) is 0 Å². The predicted octanol–water partition coefficient (Wildman–Crippen LogP) is 11.4. The maximum Gasteiger partial charge on any atom is 0.306 e. The maximum atomic E-state index is 12.2. The molecule has 0 heterocycles.